The Morgan fingerprint density at radius 3 is 2.59 bits per heavy atom. The van der Waals surface area contributed by atoms with E-state index in [1.165, 1.54) is 0 Å². The third-order valence-corrected chi connectivity index (χ3v) is 3.00. The lowest BCUT2D eigenvalue weighted by molar-refractivity contribution is 0.0697. The lowest BCUT2D eigenvalue weighted by Crippen LogP contribution is -2.07. The van der Waals surface area contributed by atoms with Gasteiger partial charge < -0.3 is 14.8 Å². The summed E-state index contributed by atoms with van der Waals surface area (Å²) in [6, 6.07) is 3.75. The number of nitrogens with zero attached hydrogens (tertiary/aromatic N) is 1. The van der Waals surface area contributed by atoms with Gasteiger partial charge in [0.05, 0.1) is 17.7 Å². The molecule has 90 valence electrons. The van der Waals surface area contributed by atoms with E-state index in [9.17, 15) is 9.90 Å². The number of fused-ring (bicyclic) bond motifs is 1. The van der Waals surface area contributed by atoms with Crippen LogP contribution in [0, 0.1) is 13.8 Å². The molecule has 0 saturated carbocycles. The number of aryl methyl sites for hydroxylation is 2. The van der Waals surface area contributed by atoms with E-state index in [2.05, 4.69) is 0 Å². The largest absolute Gasteiger partial charge is 0.478 e. The maximum absolute atomic E-state index is 11.3. The van der Waals surface area contributed by atoms with Crippen molar-refractivity contribution < 1.29 is 15.0 Å². The molecule has 0 aliphatic rings. The number of aliphatic hydroxyl groups excluding tert-OH is 1. The molecule has 0 radical (unpaired) electrons. The van der Waals surface area contributed by atoms with E-state index >= 15 is 0 Å². The summed E-state index contributed by atoms with van der Waals surface area (Å²) in [5.74, 6) is -0.926. The number of carboxylic acid groups (broad SMARTS) is 1. The minimum Gasteiger partial charge on any atom is -0.478 e. The first-order valence-electron chi connectivity index (χ1n) is 5.49. The van der Waals surface area contributed by atoms with E-state index in [1.807, 2.05) is 25.3 Å². The normalized spacial score (nSPS) is 11.0. The number of aromatic carboxylic acids is 1. The van der Waals surface area contributed by atoms with Crippen LogP contribution in [0.4, 0.5) is 0 Å². The Morgan fingerprint density at radius 1 is 1.29 bits per heavy atom. The maximum Gasteiger partial charge on any atom is 0.338 e. The topological polar surface area (TPSA) is 62.5 Å². The zero-order valence-corrected chi connectivity index (χ0v) is 9.90. The van der Waals surface area contributed by atoms with Gasteiger partial charge in [0.15, 0.2) is 0 Å². The molecule has 0 aliphatic carbocycles. The molecule has 0 unspecified atom stereocenters. The van der Waals surface area contributed by atoms with Crippen LogP contribution in [0.2, 0.25) is 0 Å². The summed E-state index contributed by atoms with van der Waals surface area (Å²) >= 11 is 0. The van der Waals surface area contributed by atoms with Gasteiger partial charge in [0.2, 0.25) is 0 Å². The lowest BCUT2D eigenvalue weighted by atomic mass is 10.0. The number of carbonyl (C=O) groups is 1. The second kappa shape index (κ2) is 4.22. The third-order valence-electron chi connectivity index (χ3n) is 3.00. The zero-order chi connectivity index (χ0) is 12.6. The monoisotopic (exact) mass is 233 g/mol. The lowest BCUT2D eigenvalue weighted by Gasteiger charge is -2.08. The van der Waals surface area contributed by atoms with Crippen LogP contribution in [0.3, 0.4) is 0 Å². The fraction of sp³-hybridized carbons (Fsp3) is 0.308. The molecule has 4 nitrogen and oxygen atoms in total. The minimum absolute atomic E-state index is 0.00375. The van der Waals surface area contributed by atoms with Crippen LogP contribution in [0.15, 0.2) is 18.3 Å². The van der Waals surface area contributed by atoms with Gasteiger partial charge in [0, 0.05) is 18.1 Å². The van der Waals surface area contributed by atoms with Gasteiger partial charge in [-0.05, 0) is 25.0 Å². The molecular weight excluding hydrogens is 218 g/mol. The van der Waals surface area contributed by atoms with Crippen molar-refractivity contribution in [1.29, 1.82) is 0 Å². The molecule has 0 bridgehead atoms. The average Bonchev–Trinajstić information content (AvgIpc) is 2.56. The molecular formula is C13H15NO3. The first kappa shape index (κ1) is 11.7. The molecule has 2 aromatic rings. The van der Waals surface area contributed by atoms with Gasteiger partial charge >= 0.3 is 5.97 Å². The molecule has 17 heavy (non-hydrogen) atoms. The van der Waals surface area contributed by atoms with Gasteiger partial charge in [-0.25, -0.2) is 4.79 Å². The predicted molar refractivity (Wildman–Crippen MR) is 65.5 cm³/mol. The highest BCUT2D eigenvalue weighted by molar-refractivity contribution is 6.04. The quantitative estimate of drug-likeness (QED) is 0.851. The van der Waals surface area contributed by atoms with Crippen molar-refractivity contribution in [2.75, 3.05) is 6.61 Å². The first-order valence-corrected chi connectivity index (χ1v) is 5.49. The number of hydrogen-bond acceptors (Lipinski definition) is 2. The Balaban J connectivity index is 2.85. The fourth-order valence-corrected chi connectivity index (χ4v) is 2.23. The van der Waals surface area contributed by atoms with Crippen LogP contribution < -0.4 is 0 Å². The highest BCUT2D eigenvalue weighted by atomic mass is 16.4. The minimum atomic E-state index is -0.926. The Morgan fingerprint density at radius 2 is 2.00 bits per heavy atom. The van der Waals surface area contributed by atoms with Crippen molar-refractivity contribution in [1.82, 2.24) is 4.57 Å². The summed E-state index contributed by atoms with van der Waals surface area (Å²) in [4.78, 5) is 11.3. The van der Waals surface area contributed by atoms with Crippen molar-refractivity contribution in [3.05, 3.63) is 35.0 Å². The summed E-state index contributed by atoms with van der Waals surface area (Å²) in [6.45, 7) is 4.13. The van der Waals surface area contributed by atoms with Crippen molar-refractivity contribution in [3.8, 4) is 0 Å². The Kier molecular flexibility index (Phi) is 2.90. The summed E-state index contributed by atoms with van der Waals surface area (Å²) in [7, 11) is 0. The standard InChI is InChI=1S/C13H15NO3/c1-8-3-4-10-9(2)7-14(5-6-15)12(10)11(8)13(16)17/h3-4,7,15H,5-6H2,1-2H3,(H,16,17). The van der Waals surface area contributed by atoms with Gasteiger partial charge in [-0.15, -0.1) is 0 Å². The van der Waals surface area contributed by atoms with E-state index in [4.69, 9.17) is 5.11 Å². The van der Waals surface area contributed by atoms with Crippen molar-refractivity contribution in [3.63, 3.8) is 0 Å². The molecule has 0 amide bonds. The van der Waals surface area contributed by atoms with Crippen molar-refractivity contribution in [2.24, 2.45) is 0 Å². The van der Waals surface area contributed by atoms with E-state index in [0.717, 1.165) is 16.5 Å². The molecule has 2 N–H and O–H groups in total. The Hall–Kier alpha value is -1.81. The fourth-order valence-electron chi connectivity index (χ4n) is 2.23. The Labute approximate surface area is 99.1 Å². The Bertz CT molecular complexity index is 584. The number of rotatable bonds is 3. The van der Waals surface area contributed by atoms with Crippen LogP contribution in [-0.2, 0) is 6.54 Å². The van der Waals surface area contributed by atoms with E-state index in [0.29, 0.717) is 17.6 Å². The molecule has 1 aromatic heterocycles. The van der Waals surface area contributed by atoms with Crippen LogP contribution in [0.1, 0.15) is 21.5 Å². The summed E-state index contributed by atoms with van der Waals surface area (Å²) in [6.07, 6.45) is 1.88. The van der Waals surface area contributed by atoms with Gasteiger partial charge in [0.25, 0.3) is 0 Å². The van der Waals surface area contributed by atoms with Crippen LogP contribution in [0.5, 0.6) is 0 Å². The van der Waals surface area contributed by atoms with Crippen LogP contribution in [0.25, 0.3) is 10.9 Å². The molecule has 0 saturated heterocycles. The second-order valence-corrected chi connectivity index (χ2v) is 4.19. The molecule has 1 aromatic carbocycles. The first-order chi connectivity index (χ1) is 8.06. The van der Waals surface area contributed by atoms with Gasteiger partial charge in [-0.3, -0.25) is 0 Å². The SMILES string of the molecule is Cc1ccc2c(C)cn(CCO)c2c1C(=O)O. The molecule has 0 fully saturated rings. The number of hydrogen-bond donors (Lipinski definition) is 2. The molecule has 0 aliphatic heterocycles. The zero-order valence-electron chi connectivity index (χ0n) is 9.90. The van der Waals surface area contributed by atoms with Crippen molar-refractivity contribution >= 4 is 16.9 Å². The smallest absolute Gasteiger partial charge is 0.338 e. The number of carboxylic acids is 1. The van der Waals surface area contributed by atoms with Gasteiger partial charge in [0.1, 0.15) is 0 Å². The summed E-state index contributed by atoms with van der Waals surface area (Å²) in [5.41, 5.74) is 2.78. The van der Waals surface area contributed by atoms with Gasteiger partial charge in [-0.1, -0.05) is 12.1 Å². The van der Waals surface area contributed by atoms with Gasteiger partial charge in [-0.2, -0.15) is 0 Å². The molecule has 1 heterocycles. The molecule has 0 atom stereocenters. The molecule has 0 spiro atoms. The number of aliphatic hydroxyl groups is 1. The highest BCUT2D eigenvalue weighted by Crippen LogP contribution is 2.26. The van der Waals surface area contributed by atoms with Crippen LogP contribution in [-0.4, -0.2) is 27.4 Å². The maximum atomic E-state index is 11.3. The van der Waals surface area contributed by atoms with E-state index in [-0.39, 0.29) is 6.61 Å². The molecule has 2 rings (SSSR count). The van der Waals surface area contributed by atoms with Crippen LogP contribution >= 0.6 is 0 Å². The van der Waals surface area contributed by atoms with E-state index < -0.39 is 5.97 Å². The summed E-state index contributed by atoms with van der Waals surface area (Å²) in [5, 5.41) is 19.2. The second-order valence-electron chi connectivity index (χ2n) is 4.19. The average molecular weight is 233 g/mol. The molecule has 4 heteroatoms. The predicted octanol–water partition coefficient (Wildman–Crippen LogP) is 1.95. The summed E-state index contributed by atoms with van der Waals surface area (Å²) < 4.78 is 1.81. The van der Waals surface area contributed by atoms with Crippen molar-refractivity contribution in [2.45, 2.75) is 20.4 Å². The third kappa shape index (κ3) is 1.80. The van der Waals surface area contributed by atoms with E-state index in [1.54, 1.807) is 11.5 Å². The number of benzene rings is 1. The number of aromatic nitrogens is 1. The highest BCUT2D eigenvalue weighted by Gasteiger charge is 2.16.